The number of carbonyl (C=O) groups excluding carboxylic acids is 2. The van der Waals surface area contributed by atoms with Crippen molar-refractivity contribution >= 4 is 58.1 Å². The highest BCUT2D eigenvalue weighted by molar-refractivity contribution is 8.00. The Labute approximate surface area is 188 Å². The Kier molecular flexibility index (Phi) is 7.23. The average molecular weight is 466 g/mol. The summed E-state index contributed by atoms with van der Waals surface area (Å²) >= 11 is 13.4. The fourth-order valence-electron chi connectivity index (χ4n) is 2.94. The van der Waals surface area contributed by atoms with Gasteiger partial charge < -0.3 is 10.2 Å². The van der Waals surface area contributed by atoms with Crippen LogP contribution in [0.25, 0.3) is 5.65 Å². The number of pyridine rings is 1. The molecule has 0 saturated carbocycles. The number of fused-ring (bicyclic) bond motifs is 1. The van der Waals surface area contributed by atoms with Gasteiger partial charge in [0.1, 0.15) is 0 Å². The third-order valence-electron chi connectivity index (χ3n) is 4.45. The summed E-state index contributed by atoms with van der Waals surface area (Å²) in [5.41, 5.74) is 2.27. The SMILES string of the molecule is CCc1ccccc1NC(=O)CN(C)C(=O)C(C)Sc1nnc2c(Cl)cc(Cl)cn12. The molecule has 0 spiro atoms. The molecule has 2 amide bonds. The van der Waals surface area contributed by atoms with Crippen LogP contribution in [0.3, 0.4) is 0 Å². The number of hydrogen-bond donors (Lipinski definition) is 1. The van der Waals surface area contributed by atoms with Crippen molar-refractivity contribution in [3.8, 4) is 0 Å². The van der Waals surface area contributed by atoms with E-state index < -0.39 is 5.25 Å². The Morgan fingerprint density at radius 2 is 2.00 bits per heavy atom. The number of likely N-dealkylation sites (N-methyl/N-ethyl adjacent to an activating group) is 1. The summed E-state index contributed by atoms with van der Waals surface area (Å²) in [5.74, 6) is -0.459. The summed E-state index contributed by atoms with van der Waals surface area (Å²) in [6.45, 7) is 3.72. The van der Waals surface area contributed by atoms with Gasteiger partial charge in [-0.3, -0.25) is 14.0 Å². The van der Waals surface area contributed by atoms with Gasteiger partial charge in [-0.2, -0.15) is 0 Å². The molecule has 0 saturated heterocycles. The molecule has 1 aromatic carbocycles. The summed E-state index contributed by atoms with van der Waals surface area (Å²) in [6.07, 6.45) is 2.45. The van der Waals surface area contributed by atoms with E-state index in [9.17, 15) is 9.59 Å². The highest BCUT2D eigenvalue weighted by atomic mass is 35.5. The van der Waals surface area contributed by atoms with Gasteiger partial charge in [-0.25, -0.2) is 0 Å². The van der Waals surface area contributed by atoms with Crippen LogP contribution in [0.2, 0.25) is 10.0 Å². The van der Waals surface area contributed by atoms with Gasteiger partial charge in [-0.15, -0.1) is 10.2 Å². The Morgan fingerprint density at radius 1 is 1.27 bits per heavy atom. The Balaban J connectivity index is 1.64. The second-order valence-corrected chi connectivity index (χ2v) is 8.85. The molecule has 2 heterocycles. The van der Waals surface area contributed by atoms with Crippen molar-refractivity contribution in [2.75, 3.05) is 18.9 Å². The molecule has 0 aliphatic rings. The van der Waals surface area contributed by atoms with E-state index in [0.717, 1.165) is 17.7 Å². The zero-order chi connectivity index (χ0) is 21.8. The first kappa shape index (κ1) is 22.4. The largest absolute Gasteiger partial charge is 0.335 e. The van der Waals surface area contributed by atoms with Crippen LogP contribution in [-0.2, 0) is 16.0 Å². The maximum absolute atomic E-state index is 12.8. The number of anilines is 1. The van der Waals surface area contributed by atoms with E-state index in [1.807, 2.05) is 31.2 Å². The van der Waals surface area contributed by atoms with Gasteiger partial charge in [0.25, 0.3) is 0 Å². The normalized spacial score (nSPS) is 12.0. The number of nitrogens with zero attached hydrogens (tertiary/aromatic N) is 4. The second kappa shape index (κ2) is 9.68. The average Bonchev–Trinajstić information content (AvgIpc) is 3.10. The molecule has 0 aliphatic carbocycles. The summed E-state index contributed by atoms with van der Waals surface area (Å²) in [6, 6.07) is 9.19. The summed E-state index contributed by atoms with van der Waals surface area (Å²) in [5, 5.41) is 11.8. The molecular formula is C20H21Cl2N5O2S. The smallest absolute Gasteiger partial charge is 0.243 e. The van der Waals surface area contributed by atoms with E-state index in [2.05, 4.69) is 15.5 Å². The predicted molar refractivity (Wildman–Crippen MR) is 120 cm³/mol. The van der Waals surface area contributed by atoms with E-state index in [0.29, 0.717) is 20.8 Å². The number of amides is 2. The number of nitrogens with one attached hydrogen (secondary N) is 1. The summed E-state index contributed by atoms with van der Waals surface area (Å²) < 4.78 is 1.65. The van der Waals surface area contributed by atoms with Crippen LogP contribution in [0.5, 0.6) is 0 Å². The lowest BCUT2D eigenvalue weighted by Gasteiger charge is -2.20. The molecule has 1 atom stereocenters. The highest BCUT2D eigenvalue weighted by Gasteiger charge is 2.23. The lowest BCUT2D eigenvalue weighted by molar-refractivity contribution is -0.132. The van der Waals surface area contributed by atoms with Crippen molar-refractivity contribution in [1.82, 2.24) is 19.5 Å². The maximum atomic E-state index is 12.8. The minimum absolute atomic E-state index is 0.0555. The molecule has 10 heteroatoms. The monoisotopic (exact) mass is 465 g/mol. The number of hydrogen-bond acceptors (Lipinski definition) is 5. The minimum atomic E-state index is -0.490. The number of aryl methyl sites for hydroxylation is 1. The van der Waals surface area contributed by atoms with E-state index in [1.165, 1.54) is 16.7 Å². The molecule has 1 N–H and O–H groups in total. The number of rotatable bonds is 7. The number of para-hydroxylation sites is 1. The van der Waals surface area contributed by atoms with Gasteiger partial charge in [0.05, 0.1) is 21.8 Å². The van der Waals surface area contributed by atoms with Gasteiger partial charge in [0.15, 0.2) is 10.8 Å². The van der Waals surface area contributed by atoms with E-state index >= 15 is 0 Å². The summed E-state index contributed by atoms with van der Waals surface area (Å²) in [4.78, 5) is 26.6. The number of aromatic nitrogens is 3. The molecule has 3 rings (SSSR count). The number of benzene rings is 1. The molecular weight excluding hydrogens is 445 g/mol. The Hall–Kier alpha value is -2.29. The van der Waals surface area contributed by atoms with Crippen molar-refractivity contribution in [3.05, 3.63) is 52.1 Å². The molecule has 7 nitrogen and oxygen atoms in total. The van der Waals surface area contributed by atoms with Crippen LogP contribution in [0.4, 0.5) is 5.69 Å². The quantitative estimate of drug-likeness (QED) is 0.529. The fourth-order valence-corrected chi connectivity index (χ4v) is 4.38. The van der Waals surface area contributed by atoms with Gasteiger partial charge in [-0.05, 0) is 31.0 Å². The predicted octanol–water partition coefficient (Wildman–Crippen LogP) is 4.18. The fraction of sp³-hybridized carbons (Fsp3) is 0.300. The minimum Gasteiger partial charge on any atom is -0.335 e. The van der Waals surface area contributed by atoms with E-state index in [1.54, 1.807) is 30.6 Å². The van der Waals surface area contributed by atoms with Crippen LogP contribution >= 0.6 is 35.0 Å². The van der Waals surface area contributed by atoms with Crippen molar-refractivity contribution in [1.29, 1.82) is 0 Å². The van der Waals surface area contributed by atoms with Crippen LogP contribution in [0, 0.1) is 0 Å². The van der Waals surface area contributed by atoms with Crippen LogP contribution in [-0.4, -0.2) is 50.2 Å². The van der Waals surface area contributed by atoms with Crippen molar-refractivity contribution in [2.24, 2.45) is 0 Å². The number of halogens is 2. The van der Waals surface area contributed by atoms with Gasteiger partial charge >= 0.3 is 0 Å². The van der Waals surface area contributed by atoms with Crippen molar-refractivity contribution < 1.29 is 9.59 Å². The zero-order valence-corrected chi connectivity index (χ0v) is 19.1. The maximum Gasteiger partial charge on any atom is 0.243 e. The van der Waals surface area contributed by atoms with Gasteiger partial charge in [0, 0.05) is 18.9 Å². The molecule has 3 aromatic rings. The number of carbonyl (C=O) groups is 2. The first-order valence-electron chi connectivity index (χ1n) is 9.29. The molecule has 0 bridgehead atoms. The standard InChI is InChI=1S/C20H21Cl2N5O2S/c1-4-13-7-5-6-8-16(13)23-17(28)11-26(3)19(29)12(2)30-20-25-24-18-15(22)9-14(21)10-27(18)20/h5-10,12H,4,11H2,1-3H3,(H,23,28). The lowest BCUT2D eigenvalue weighted by Crippen LogP contribution is -2.39. The molecule has 0 aliphatic heterocycles. The lowest BCUT2D eigenvalue weighted by atomic mass is 10.1. The molecule has 158 valence electrons. The Bertz CT molecular complexity index is 1090. The van der Waals surface area contributed by atoms with Crippen LogP contribution in [0.15, 0.2) is 41.7 Å². The third kappa shape index (κ3) is 5.06. The zero-order valence-electron chi connectivity index (χ0n) is 16.7. The van der Waals surface area contributed by atoms with Crippen molar-refractivity contribution in [3.63, 3.8) is 0 Å². The first-order chi connectivity index (χ1) is 14.3. The molecule has 2 aromatic heterocycles. The second-order valence-electron chi connectivity index (χ2n) is 6.70. The molecule has 0 radical (unpaired) electrons. The molecule has 0 fully saturated rings. The molecule has 1 unspecified atom stereocenters. The number of thioether (sulfide) groups is 1. The van der Waals surface area contributed by atoms with Crippen LogP contribution < -0.4 is 5.32 Å². The van der Waals surface area contributed by atoms with Gasteiger partial charge in [-0.1, -0.05) is 60.1 Å². The summed E-state index contributed by atoms with van der Waals surface area (Å²) in [7, 11) is 1.60. The topological polar surface area (TPSA) is 79.6 Å². The van der Waals surface area contributed by atoms with Crippen LogP contribution in [0.1, 0.15) is 19.4 Å². The van der Waals surface area contributed by atoms with E-state index in [-0.39, 0.29) is 18.4 Å². The Morgan fingerprint density at radius 3 is 2.73 bits per heavy atom. The highest BCUT2D eigenvalue weighted by Crippen LogP contribution is 2.28. The third-order valence-corrected chi connectivity index (χ3v) is 5.98. The first-order valence-corrected chi connectivity index (χ1v) is 10.9. The van der Waals surface area contributed by atoms with Gasteiger partial charge in [0.2, 0.25) is 11.8 Å². The van der Waals surface area contributed by atoms with Crippen molar-refractivity contribution in [2.45, 2.75) is 30.7 Å². The van der Waals surface area contributed by atoms with E-state index in [4.69, 9.17) is 23.2 Å². The molecule has 30 heavy (non-hydrogen) atoms.